The lowest BCUT2D eigenvalue weighted by Crippen LogP contribution is -2.35. The van der Waals surface area contributed by atoms with Crippen LogP contribution in [-0.4, -0.2) is 37.7 Å². The topological polar surface area (TPSA) is 84.9 Å². The summed E-state index contributed by atoms with van der Waals surface area (Å²) in [6, 6.07) is 12.3. The Bertz CT molecular complexity index is 809. The molecular formula is C20H22ClNO5. The van der Waals surface area contributed by atoms with Gasteiger partial charge in [0.15, 0.2) is 0 Å². The van der Waals surface area contributed by atoms with E-state index in [0.717, 1.165) is 5.56 Å². The van der Waals surface area contributed by atoms with Crippen LogP contribution < -0.4 is 14.8 Å². The largest absolute Gasteiger partial charge is 0.496 e. The molecule has 2 rings (SSSR count). The zero-order chi connectivity index (χ0) is 19.8. The number of carbonyl (C=O) groups excluding carboxylic acids is 1. The Morgan fingerprint density at radius 2 is 1.74 bits per heavy atom. The third-order valence-corrected chi connectivity index (χ3v) is 4.54. The Hall–Kier alpha value is -2.73. The predicted octanol–water partition coefficient (Wildman–Crippen LogP) is 2.96. The average Bonchev–Trinajstić information content (AvgIpc) is 2.66. The fraction of sp³-hybridized carbons (Fsp3) is 0.300. The number of ether oxygens (including phenoxy) is 2. The molecule has 0 aliphatic rings. The maximum absolute atomic E-state index is 12.3. The molecule has 27 heavy (non-hydrogen) atoms. The van der Waals surface area contributed by atoms with Gasteiger partial charge in [0.2, 0.25) is 5.91 Å². The van der Waals surface area contributed by atoms with E-state index >= 15 is 0 Å². The van der Waals surface area contributed by atoms with Gasteiger partial charge in [-0.15, -0.1) is 0 Å². The molecule has 0 bridgehead atoms. The quantitative estimate of drug-likeness (QED) is 0.686. The minimum atomic E-state index is -0.989. The molecule has 0 radical (unpaired) electrons. The minimum Gasteiger partial charge on any atom is -0.496 e. The van der Waals surface area contributed by atoms with Crippen LogP contribution in [0.5, 0.6) is 11.5 Å². The molecule has 0 heterocycles. The summed E-state index contributed by atoms with van der Waals surface area (Å²) in [5.41, 5.74) is 1.34. The van der Waals surface area contributed by atoms with Crippen LogP contribution in [0.2, 0.25) is 5.02 Å². The minimum absolute atomic E-state index is 0.00101. The fourth-order valence-electron chi connectivity index (χ4n) is 2.75. The molecule has 7 heteroatoms. The normalized spacial score (nSPS) is 11.5. The van der Waals surface area contributed by atoms with Gasteiger partial charge in [-0.2, -0.15) is 0 Å². The van der Waals surface area contributed by atoms with Crippen molar-refractivity contribution in [2.24, 2.45) is 5.92 Å². The van der Waals surface area contributed by atoms with Crippen molar-refractivity contribution in [3.8, 4) is 11.5 Å². The second-order valence-corrected chi connectivity index (χ2v) is 6.36. The lowest BCUT2D eigenvalue weighted by molar-refractivity contribution is -0.141. The van der Waals surface area contributed by atoms with Gasteiger partial charge in [0.05, 0.1) is 26.6 Å². The number of hydrogen-bond acceptors (Lipinski definition) is 4. The van der Waals surface area contributed by atoms with Gasteiger partial charge in [0.1, 0.15) is 11.5 Å². The number of nitrogens with one attached hydrogen (secondary N) is 1. The summed E-state index contributed by atoms with van der Waals surface area (Å²) in [4.78, 5) is 23.9. The smallest absolute Gasteiger partial charge is 0.308 e. The third kappa shape index (κ3) is 5.62. The summed E-state index contributed by atoms with van der Waals surface area (Å²) in [6.45, 7) is -0.00101. The number of para-hydroxylation sites is 1. The molecule has 1 unspecified atom stereocenters. The molecule has 0 aromatic heterocycles. The first-order valence-corrected chi connectivity index (χ1v) is 8.76. The highest BCUT2D eigenvalue weighted by molar-refractivity contribution is 6.31. The van der Waals surface area contributed by atoms with Gasteiger partial charge >= 0.3 is 5.97 Å². The summed E-state index contributed by atoms with van der Waals surface area (Å²) in [6.07, 6.45) is 0.249. The first-order valence-electron chi connectivity index (χ1n) is 8.39. The molecule has 0 saturated carbocycles. The van der Waals surface area contributed by atoms with Crippen molar-refractivity contribution in [2.75, 3.05) is 20.8 Å². The maximum atomic E-state index is 12.3. The van der Waals surface area contributed by atoms with Crippen molar-refractivity contribution in [2.45, 2.75) is 12.8 Å². The van der Waals surface area contributed by atoms with E-state index in [4.69, 9.17) is 21.1 Å². The molecule has 1 amide bonds. The Balaban J connectivity index is 2.02. The summed E-state index contributed by atoms with van der Waals surface area (Å²) < 4.78 is 10.5. The molecule has 0 aliphatic heterocycles. The molecule has 6 nitrogen and oxygen atoms in total. The number of carbonyl (C=O) groups is 2. The van der Waals surface area contributed by atoms with E-state index in [0.29, 0.717) is 22.1 Å². The standard InChI is InChI=1S/C20H22ClNO5/c1-26-17-8-4-3-6-13(17)10-14(20(24)25)12-22-19(23)11-15-16(21)7-5-9-18(15)27-2/h3-9,14H,10-12H2,1-2H3,(H,22,23)(H,24,25). The van der Waals surface area contributed by atoms with Crippen LogP contribution in [0.4, 0.5) is 0 Å². The van der Waals surface area contributed by atoms with Crippen molar-refractivity contribution in [3.63, 3.8) is 0 Å². The van der Waals surface area contributed by atoms with Crippen molar-refractivity contribution in [3.05, 3.63) is 58.6 Å². The zero-order valence-electron chi connectivity index (χ0n) is 15.2. The van der Waals surface area contributed by atoms with Gasteiger partial charge in [-0.25, -0.2) is 0 Å². The Morgan fingerprint density at radius 1 is 1.07 bits per heavy atom. The zero-order valence-corrected chi connectivity index (χ0v) is 16.0. The summed E-state index contributed by atoms with van der Waals surface area (Å²) in [5, 5.41) is 12.6. The molecule has 0 saturated heterocycles. The van der Waals surface area contributed by atoms with Crippen molar-refractivity contribution in [1.29, 1.82) is 0 Å². The highest BCUT2D eigenvalue weighted by atomic mass is 35.5. The van der Waals surface area contributed by atoms with E-state index in [-0.39, 0.29) is 25.3 Å². The average molecular weight is 392 g/mol. The number of rotatable bonds is 9. The number of aliphatic carboxylic acids is 1. The van der Waals surface area contributed by atoms with Gasteiger partial charge in [-0.1, -0.05) is 35.9 Å². The van der Waals surface area contributed by atoms with E-state index in [9.17, 15) is 14.7 Å². The van der Waals surface area contributed by atoms with Crippen LogP contribution in [-0.2, 0) is 22.4 Å². The molecular weight excluding hydrogens is 370 g/mol. The molecule has 0 aliphatic carbocycles. The van der Waals surface area contributed by atoms with Crippen LogP contribution in [0, 0.1) is 5.92 Å². The van der Waals surface area contributed by atoms with Crippen LogP contribution in [0.15, 0.2) is 42.5 Å². The molecule has 2 aromatic carbocycles. The van der Waals surface area contributed by atoms with E-state index < -0.39 is 11.9 Å². The summed E-state index contributed by atoms with van der Waals surface area (Å²) in [5.74, 6) is -0.958. The van der Waals surface area contributed by atoms with Crippen LogP contribution in [0.3, 0.4) is 0 Å². The molecule has 0 fully saturated rings. The number of carboxylic acid groups (broad SMARTS) is 1. The predicted molar refractivity (Wildman–Crippen MR) is 103 cm³/mol. The highest BCUT2D eigenvalue weighted by Gasteiger charge is 2.21. The highest BCUT2D eigenvalue weighted by Crippen LogP contribution is 2.26. The second-order valence-electron chi connectivity index (χ2n) is 5.95. The molecule has 0 spiro atoms. The van der Waals surface area contributed by atoms with Crippen LogP contribution >= 0.6 is 11.6 Å². The monoisotopic (exact) mass is 391 g/mol. The molecule has 1 atom stereocenters. The second kappa shape index (κ2) is 9.83. The number of carboxylic acids is 1. The van der Waals surface area contributed by atoms with Gasteiger partial charge in [-0.05, 0) is 30.2 Å². The third-order valence-electron chi connectivity index (χ3n) is 4.19. The van der Waals surface area contributed by atoms with E-state index in [1.807, 2.05) is 18.2 Å². The van der Waals surface area contributed by atoms with E-state index in [1.165, 1.54) is 14.2 Å². The first-order chi connectivity index (χ1) is 13.0. The van der Waals surface area contributed by atoms with Gasteiger partial charge in [0.25, 0.3) is 0 Å². The maximum Gasteiger partial charge on any atom is 0.308 e. The molecule has 2 aromatic rings. The number of halogens is 1. The number of benzene rings is 2. The Morgan fingerprint density at radius 3 is 2.41 bits per heavy atom. The van der Waals surface area contributed by atoms with Crippen molar-refractivity contribution >= 4 is 23.5 Å². The first kappa shape index (κ1) is 20.6. The van der Waals surface area contributed by atoms with Gasteiger partial charge in [-0.3, -0.25) is 9.59 Å². The summed E-state index contributed by atoms with van der Waals surface area (Å²) >= 11 is 6.14. The Kier molecular flexibility index (Phi) is 7.49. The van der Waals surface area contributed by atoms with Crippen molar-refractivity contribution in [1.82, 2.24) is 5.32 Å². The van der Waals surface area contributed by atoms with Crippen LogP contribution in [0.1, 0.15) is 11.1 Å². The number of hydrogen-bond donors (Lipinski definition) is 2. The fourth-order valence-corrected chi connectivity index (χ4v) is 2.98. The van der Waals surface area contributed by atoms with Gasteiger partial charge < -0.3 is 19.9 Å². The molecule has 144 valence electrons. The SMILES string of the molecule is COc1ccccc1CC(CNC(=O)Cc1c(Cl)cccc1OC)C(=O)O. The van der Waals surface area contributed by atoms with E-state index in [2.05, 4.69) is 5.32 Å². The van der Waals surface area contributed by atoms with Crippen LogP contribution in [0.25, 0.3) is 0 Å². The lowest BCUT2D eigenvalue weighted by atomic mass is 9.98. The number of methoxy groups -OCH3 is 2. The lowest BCUT2D eigenvalue weighted by Gasteiger charge is -2.16. The van der Waals surface area contributed by atoms with Crippen molar-refractivity contribution < 1.29 is 24.2 Å². The van der Waals surface area contributed by atoms with Gasteiger partial charge in [0, 0.05) is 17.1 Å². The van der Waals surface area contributed by atoms with E-state index in [1.54, 1.807) is 24.3 Å². The number of amides is 1. The summed E-state index contributed by atoms with van der Waals surface area (Å²) in [7, 11) is 3.04. The Labute approximate surface area is 163 Å². The molecule has 2 N–H and O–H groups in total.